The first-order valence-electron chi connectivity index (χ1n) is 6.09. The number of hydrogen-bond donors (Lipinski definition) is 0. The summed E-state index contributed by atoms with van der Waals surface area (Å²) in [6.07, 6.45) is 1.40. The summed E-state index contributed by atoms with van der Waals surface area (Å²) in [5.74, 6) is 1.79. The van der Waals surface area contributed by atoms with Gasteiger partial charge in [-0.05, 0) is 24.8 Å². The second kappa shape index (κ2) is 5.72. The second-order valence-electron chi connectivity index (χ2n) is 4.48. The maximum atomic E-state index is 5.20. The quantitative estimate of drug-likeness (QED) is 0.677. The van der Waals surface area contributed by atoms with Crippen molar-refractivity contribution in [3.8, 4) is 0 Å². The molecule has 84 valence electrons. The van der Waals surface area contributed by atoms with E-state index in [1.54, 1.807) is 0 Å². The molecule has 0 aromatic rings. The van der Waals surface area contributed by atoms with Gasteiger partial charge in [-0.25, -0.2) is 0 Å². The van der Waals surface area contributed by atoms with Gasteiger partial charge in [-0.15, -0.1) is 0 Å². The average Bonchev–Trinajstić information content (AvgIpc) is 2.54. The number of nitrogens with zero attached hydrogens (tertiary/aromatic N) is 1. The molecule has 0 aliphatic carbocycles. The van der Waals surface area contributed by atoms with Crippen molar-refractivity contribution in [2.24, 2.45) is 11.8 Å². The lowest BCUT2D eigenvalue weighted by atomic mass is 9.95. The first-order chi connectivity index (χ1) is 6.77. The second-order valence-corrected chi connectivity index (χ2v) is 4.48. The van der Waals surface area contributed by atoms with Crippen molar-refractivity contribution in [1.29, 1.82) is 0 Å². The molecule has 2 rings (SSSR count). The van der Waals surface area contributed by atoms with E-state index in [9.17, 15) is 0 Å². The zero-order chi connectivity index (χ0) is 10.6. The Morgan fingerprint density at radius 2 is 1.86 bits per heavy atom. The number of rotatable bonds is 2. The molecule has 2 saturated heterocycles. The summed E-state index contributed by atoms with van der Waals surface area (Å²) in [6.45, 7) is 13.2. The number of ether oxygens (including phenoxy) is 1. The normalized spacial score (nSPS) is 28.5. The van der Waals surface area contributed by atoms with Crippen LogP contribution in [0.1, 0.15) is 34.1 Å². The van der Waals surface area contributed by atoms with Gasteiger partial charge >= 0.3 is 0 Å². The fraction of sp³-hybridized carbons (Fsp3) is 1.00. The zero-order valence-electron chi connectivity index (χ0n) is 10.1. The van der Waals surface area contributed by atoms with E-state index < -0.39 is 0 Å². The third-order valence-electron chi connectivity index (χ3n) is 3.34. The molecule has 1 atom stereocenters. The van der Waals surface area contributed by atoms with Crippen LogP contribution in [-0.4, -0.2) is 37.2 Å². The highest BCUT2D eigenvalue weighted by molar-refractivity contribution is 4.85. The van der Waals surface area contributed by atoms with Gasteiger partial charge in [0.15, 0.2) is 0 Å². The maximum absolute atomic E-state index is 5.20. The van der Waals surface area contributed by atoms with Crippen molar-refractivity contribution >= 4 is 0 Å². The molecule has 0 radical (unpaired) electrons. The minimum atomic E-state index is 0.758. The number of likely N-dealkylation sites (tertiary alicyclic amines) is 1. The fourth-order valence-electron chi connectivity index (χ4n) is 2.13. The van der Waals surface area contributed by atoms with Gasteiger partial charge in [0, 0.05) is 6.54 Å². The predicted molar refractivity (Wildman–Crippen MR) is 60.5 cm³/mol. The Labute approximate surface area is 88.6 Å². The molecule has 1 unspecified atom stereocenters. The molecule has 0 N–H and O–H groups in total. The van der Waals surface area contributed by atoms with Crippen LogP contribution in [0.3, 0.4) is 0 Å². The monoisotopic (exact) mass is 199 g/mol. The average molecular weight is 199 g/mol. The van der Waals surface area contributed by atoms with Gasteiger partial charge in [0.2, 0.25) is 0 Å². The predicted octanol–water partition coefficient (Wildman–Crippen LogP) is 2.39. The van der Waals surface area contributed by atoms with Crippen molar-refractivity contribution in [1.82, 2.24) is 4.90 Å². The van der Waals surface area contributed by atoms with Crippen LogP contribution in [0.5, 0.6) is 0 Å². The molecule has 0 spiro atoms. The summed E-state index contributed by atoms with van der Waals surface area (Å²) >= 11 is 0. The fourth-order valence-corrected chi connectivity index (χ4v) is 2.13. The Balaban J connectivity index is 0.000000461. The minimum absolute atomic E-state index is 0.758. The Kier molecular flexibility index (Phi) is 4.90. The van der Waals surface area contributed by atoms with Gasteiger partial charge in [-0.1, -0.05) is 27.7 Å². The van der Waals surface area contributed by atoms with E-state index in [2.05, 4.69) is 18.7 Å². The summed E-state index contributed by atoms with van der Waals surface area (Å²) in [6, 6.07) is 0.758. The molecule has 0 bridgehead atoms. The molecule has 2 aliphatic rings. The third-order valence-corrected chi connectivity index (χ3v) is 3.34. The van der Waals surface area contributed by atoms with E-state index >= 15 is 0 Å². The molecule has 0 saturated carbocycles. The first kappa shape index (κ1) is 12.0. The van der Waals surface area contributed by atoms with Crippen LogP contribution in [0.4, 0.5) is 0 Å². The molecule has 0 amide bonds. The van der Waals surface area contributed by atoms with Crippen molar-refractivity contribution in [3.63, 3.8) is 0 Å². The van der Waals surface area contributed by atoms with E-state index in [-0.39, 0.29) is 0 Å². The SMILES string of the molecule is CC.CC(C)C1CCN(C2COC2)C1. The van der Waals surface area contributed by atoms with Crippen LogP contribution < -0.4 is 0 Å². The minimum Gasteiger partial charge on any atom is -0.378 e. The molecule has 14 heavy (non-hydrogen) atoms. The topological polar surface area (TPSA) is 12.5 Å². The highest BCUT2D eigenvalue weighted by atomic mass is 16.5. The molecule has 0 aromatic carbocycles. The molecule has 2 fully saturated rings. The highest BCUT2D eigenvalue weighted by Gasteiger charge is 2.32. The molecule has 2 aliphatic heterocycles. The molecule has 2 nitrogen and oxygen atoms in total. The van der Waals surface area contributed by atoms with Gasteiger partial charge in [0.25, 0.3) is 0 Å². The van der Waals surface area contributed by atoms with Crippen LogP contribution >= 0.6 is 0 Å². The first-order valence-corrected chi connectivity index (χ1v) is 6.09. The smallest absolute Gasteiger partial charge is 0.0645 e. The lowest BCUT2D eigenvalue weighted by Gasteiger charge is -2.34. The summed E-state index contributed by atoms with van der Waals surface area (Å²) in [5.41, 5.74) is 0. The summed E-state index contributed by atoms with van der Waals surface area (Å²) in [7, 11) is 0. The van der Waals surface area contributed by atoms with E-state index in [0.717, 1.165) is 31.1 Å². The van der Waals surface area contributed by atoms with Gasteiger partial charge in [0.1, 0.15) is 0 Å². The van der Waals surface area contributed by atoms with Gasteiger partial charge < -0.3 is 4.74 Å². The van der Waals surface area contributed by atoms with Crippen LogP contribution in [0.15, 0.2) is 0 Å². The van der Waals surface area contributed by atoms with E-state index in [0.29, 0.717) is 0 Å². The van der Waals surface area contributed by atoms with E-state index in [4.69, 9.17) is 4.74 Å². The van der Waals surface area contributed by atoms with E-state index in [1.807, 2.05) is 13.8 Å². The van der Waals surface area contributed by atoms with Crippen molar-refractivity contribution in [2.75, 3.05) is 26.3 Å². The lowest BCUT2D eigenvalue weighted by molar-refractivity contribution is -0.0585. The molecule has 2 heterocycles. The van der Waals surface area contributed by atoms with Crippen LogP contribution in [0.25, 0.3) is 0 Å². The van der Waals surface area contributed by atoms with Gasteiger partial charge in [-0.3, -0.25) is 4.90 Å². The Bertz CT molecular complexity index is 154. The highest BCUT2D eigenvalue weighted by Crippen LogP contribution is 2.26. The number of hydrogen-bond acceptors (Lipinski definition) is 2. The van der Waals surface area contributed by atoms with Gasteiger partial charge in [0.05, 0.1) is 19.3 Å². The maximum Gasteiger partial charge on any atom is 0.0645 e. The van der Waals surface area contributed by atoms with E-state index in [1.165, 1.54) is 19.5 Å². The molecule has 0 aromatic heterocycles. The van der Waals surface area contributed by atoms with Crippen molar-refractivity contribution in [3.05, 3.63) is 0 Å². The van der Waals surface area contributed by atoms with Crippen molar-refractivity contribution in [2.45, 2.75) is 40.2 Å². The molecular formula is C12H25NO. The Hall–Kier alpha value is -0.0800. The largest absolute Gasteiger partial charge is 0.378 e. The van der Waals surface area contributed by atoms with Crippen molar-refractivity contribution < 1.29 is 4.74 Å². The zero-order valence-corrected chi connectivity index (χ0v) is 10.1. The lowest BCUT2D eigenvalue weighted by Crippen LogP contribution is -2.47. The Morgan fingerprint density at radius 1 is 1.21 bits per heavy atom. The summed E-state index contributed by atoms with van der Waals surface area (Å²) in [5, 5.41) is 0. The molecule has 2 heteroatoms. The van der Waals surface area contributed by atoms with Gasteiger partial charge in [-0.2, -0.15) is 0 Å². The summed E-state index contributed by atoms with van der Waals surface area (Å²) in [4.78, 5) is 2.61. The third kappa shape index (κ3) is 2.71. The van der Waals surface area contributed by atoms with Crippen LogP contribution in [0, 0.1) is 11.8 Å². The molecular weight excluding hydrogens is 174 g/mol. The summed E-state index contributed by atoms with van der Waals surface area (Å²) < 4.78 is 5.20. The van der Waals surface area contributed by atoms with Crippen LogP contribution in [-0.2, 0) is 4.74 Å². The standard InChI is InChI=1S/C10H19NO.C2H6/c1-8(2)9-3-4-11(5-9)10-6-12-7-10;1-2/h8-10H,3-7H2,1-2H3;1-2H3. The Morgan fingerprint density at radius 3 is 2.21 bits per heavy atom. The van der Waals surface area contributed by atoms with Crippen LogP contribution in [0.2, 0.25) is 0 Å².